The van der Waals surface area contributed by atoms with Gasteiger partial charge in [0.25, 0.3) is 0 Å². The lowest BCUT2D eigenvalue weighted by atomic mass is 10.0. The van der Waals surface area contributed by atoms with Crippen molar-refractivity contribution in [3.05, 3.63) is 77.4 Å². The fraction of sp³-hybridized carbons (Fsp3) is 0.227. The molecule has 0 bridgehead atoms. The summed E-state index contributed by atoms with van der Waals surface area (Å²) in [6, 6.07) is 21.5. The summed E-state index contributed by atoms with van der Waals surface area (Å²) in [6.07, 6.45) is 2.09. The van der Waals surface area contributed by atoms with E-state index in [1.165, 1.54) is 27.5 Å². The molecule has 0 amide bonds. The molecule has 2 N–H and O–H groups in total. The predicted molar refractivity (Wildman–Crippen MR) is 112 cm³/mol. The van der Waals surface area contributed by atoms with E-state index in [9.17, 15) is 0 Å². The molecular formula is C22H24N2S. The Balaban J connectivity index is 1.50. The van der Waals surface area contributed by atoms with Gasteiger partial charge in [-0.25, -0.2) is 0 Å². The van der Waals surface area contributed by atoms with Crippen LogP contribution in [-0.4, -0.2) is 11.7 Å². The molecule has 0 spiro atoms. The Morgan fingerprint density at radius 3 is 2.44 bits per heavy atom. The third kappa shape index (κ3) is 4.80. The summed E-state index contributed by atoms with van der Waals surface area (Å²) in [4.78, 5) is 0. The van der Waals surface area contributed by atoms with Crippen LogP contribution in [0.15, 0.2) is 60.7 Å². The normalized spacial score (nSPS) is 10.6. The van der Waals surface area contributed by atoms with E-state index in [0.29, 0.717) is 5.11 Å². The molecule has 0 unspecified atom stereocenters. The number of fused-ring (bicyclic) bond motifs is 1. The first-order valence-electron chi connectivity index (χ1n) is 8.71. The van der Waals surface area contributed by atoms with Crippen LogP contribution in [0.3, 0.4) is 0 Å². The maximum absolute atomic E-state index is 5.41. The smallest absolute Gasteiger partial charge is 0.170 e. The van der Waals surface area contributed by atoms with E-state index in [0.717, 1.165) is 25.1 Å². The molecule has 128 valence electrons. The van der Waals surface area contributed by atoms with Crippen LogP contribution in [0.4, 0.5) is 5.69 Å². The first-order chi connectivity index (χ1) is 12.1. The molecule has 0 heterocycles. The van der Waals surface area contributed by atoms with E-state index in [2.05, 4.69) is 85.1 Å². The fourth-order valence-electron chi connectivity index (χ4n) is 3.21. The molecule has 2 nitrogen and oxygen atoms in total. The quantitative estimate of drug-likeness (QED) is 0.478. The van der Waals surface area contributed by atoms with Gasteiger partial charge in [0, 0.05) is 12.2 Å². The van der Waals surface area contributed by atoms with Gasteiger partial charge in [0.1, 0.15) is 0 Å². The molecule has 0 saturated heterocycles. The zero-order chi connectivity index (χ0) is 17.6. The molecule has 3 rings (SSSR count). The van der Waals surface area contributed by atoms with Crippen LogP contribution in [-0.2, 0) is 6.42 Å². The Hall–Kier alpha value is -2.39. The number of benzene rings is 3. The van der Waals surface area contributed by atoms with Gasteiger partial charge in [-0.1, -0.05) is 48.5 Å². The van der Waals surface area contributed by atoms with Crippen LogP contribution in [0, 0.1) is 13.8 Å². The van der Waals surface area contributed by atoms with Crippen molar-refractivity contribution in [2.75, 3.05) is 11.9 Å². The second-order valence-corrected chi connectivity index (χ2v) is 6.91. The van der Waals surface area contributed by atoms with Crippen LogP contribution < -0.4 is 10.6 Å². The molecule has 0 aliphatic rings. The van der Waals surface area contributed by atoms with Crippen LogP contribution in [0.25, 0.3) is 10.8 Å². The highest BCUT2D eigenvalue weighted by Gasteiger charge is 2.02. The highest BCUT2D eigenvalue weighted by molar-refractivity contribution is 7.80. The van der Waals surface area contributed by atoms with Crippen LogP contribution in [0.1, 0.15) is 23.1 Å². The lowest BCUT2D eigenvalue weighted by Crippen LogP contribution is -2.29. The SMILES string of the molecule is Cc1cc(C)cc(NC(=S)NCCCc2cccc3ccccc23)c1. The highest BCUT2D eigenvalue weighted by Crippen LogP contribution is 2.19. The monoisotopic (exact) mass is 348 g/mol. The van der Waals surface area contributed by atoms with E-state index in [1.807, 2.05) is 0 Å². The molecule has 0 aromatic heterocycles. The summed E-state index contributed by atoms with van der Waals surface area (Å²) in [6.45, 7) is 5.05. The lowest BCUT2D eigenvalue weighted by Gasteiger charge is -2.12. The second-order valence-electron chi connectivity index (χ2n) is 6.50. The van der Waals surface area contributed by atoms with Crippen molar-refractivity contribution in [1.29, 1.82) is 0 Å². The summed E-state index contributed by atoms with van der Waals surface area (Å²) >= 11 is 5.41. The average molecular weight is 349 g/mol. The third-order valence-electron chi connectivity index (χ3n) is 4.27. The number of hydrogen-bond donors (Lipinski definition) is 2. The van der Waals surface area contributed by atoms with Gasteiger partial charge < -0.3 is 10.6 Å². The van der Waals surface area contributed by atoms with Crippen LogP contribution in [0.2, 0.25) is 0 Å². The standard InChI is InChI=1S/C22H24N2S/c1-16-13-17(2)15-20(14-16)24-22(25)23-12-6-10-19-9-5-8-18-7-3-4-11-21(18)19/h3-5,7-9,11,13-15H,6,10,12H2,1-2H3,(H2,23,24,25). The zero-order valence-electron chi connectivity index (χ0n) is 14.8. The van der Waals surface area contributed by atoms with Crippen molar-refractivity contribution in [3.63, 3.8) is 0 Å². The number of hydrogen-bond acceptors (Lipinski definition) is 1. The molecular weight excluding hydrogens is 324 g/mol. The maximum Gasteiger partial charge on any atom is 0.170 e. The summed E-state index contributed by atoms with van der Waals surface area (Å²) in [7, 11) is 0. The molecule has 25 heavy (non-hydrogen) atoms. The van der Waals surface area contributed by atoms with E-state index < -0.39 is 0 Å². The minimum atomic E-state index is 0.683. The third-order valence-corrected chi connectivity index (χ3v) is 4.51. The van der Waals surface area contributed by atoms with Gasteiger partial charge >= 0.3 is 0 Å². The van der Waals surface area contributed by atoms with Gasteiger partial charge in [0.15, 0.2) is 5.11 Å². The number of nitrogens with one attached hydrogen (secondary N) is 2. The van der Waals surface area contributed by atoms with E-state index in [1.54, 1.807) is 0 Å². The van der Waals surface area contributed by atoms with Crippen molar-refractivity contribution in [2.24, 2.45) is 0 Å². The van der Waals surface area contributed by atoms with Crippen LogP contribution in [0.5, 0.6) is 0 Å². The van der Waals surface area contributed by atoms with Gasteiger partial charge in [0.2, 0.25) is 0 Å². The van der Waals surface area contributed by atoms with Crippen molar-refractivity contribution in [3.8, 4) is 0 Å². The molecule has 3 heteroatoms. The van der Waals surface area contributed by atoms with Crippen molar-refractivity contribution < 1.29 is 0 Å². The zero-order valence-corrected chi connectivity index (χ0v) is 15.6. The Morgan fingerprint density at radius 1 is 0.920 bits per heavy atom. The fourth-order valence-corrected chi connectivity index (χ4v) is 3.43. The van der Waals surface area contributed by atoms with Gasteiger partial charge in [0.05, 0.1) is 0 Å². The van der Waals surface area contributed by atoms with Crippen molar-refractivity contribution >= 4 is 33.8 Å². The molecule has 3 aromatic rings. The molecule has 0 fully saturated rings. The van der Waals surface area contributed by atoms with Crippen LogP contribution >= 0.6 is 12.2 Å². The minimum absolute atomic E-state index is 0.683. The first kappa shape index (κ1) is 17.4. The molecule has 0 aliphatic heterocycles. The lowest BCUT2D eigenvalue weighted by molar-refractivity contribution is 0.780. The molecule has 0 saturated carbocycles. The summed E-state index contributed by atoms with van der Waals surface area (Å²) in [5.74, 6) is 0. The van der Waals surface area contributed by atoms with E-state index in [-0.39, 0.29) is 0 Å². The predicted octanol–water partition coefficient (Wildman–Crippen LogP) is 5.38. The number of aryl methyl sites for hydroxylation is 3. The highest BCUT2D eigenvalue weighted by atomic mass is 32.1. The Bertz CT molecular complexity index is 861. The maximum atomic E-state index is 5.41. The first-order valence-corrected chi connectivity index (χ1v) is 9.12. The largest absolute Gasteiger partial charge is 0.362 e. The average Bonchev–Trinajstić information content (AvgIpc) is 2.58. The second kappa shape index (κ2) is 8.13. The topological polar surface area (TPSA) is 24.1 Å². The number of thiocarbonyl (C=S) groups is 1. The van der Waals surface area contributed by atoms with Crippen molar-refractivity contribution in [1.82, 2.24) is 5.32 Å². The summed E-state index contributed by atoms with van der Waals surface area (Å²) in [5.41, 5.74) is 4.92. The van der Waals surface area contributed by atoms with E-state index >= 15 is 0 Å². The van der Waals surface area contributed by atoms with Crippen molar-refractivity contribution in [2.45, 2.75) is 26.7 Å². The Kier molecular flexibility index (Phi) is 5.67. The Labute approximate surface area is 155 Å². The molecule has 0 atom stereocenters. The summed E-state index contributed by atoms with van der Waals surface area (Å²) in [5, 5.41) is 9.92. The molecule has 3 aromatic carbocycles. The number of rotatable bonds is 5. The van der Waals surface area contributed by atoms with Gasteiger partial charge in [-0.05, 0) is 78.5 Å². The Morgan fingerprint density at radius 2 is 1.64 bits per heavy atom. The number of anilines is 1. The van der Waals surface area contributed by atoms with E-state index in [4.69, 9.17) is 12.2 Å². The van der Waals surface area contributed by atoms with Gasteiger partial charge in [-0.15, -0.1) is 0 Å². The molecule has 0 aliphatic carbocycles. The summed E-state index contributed by atoms with van der Waals surface area (Å²) < 4.78 is 0. The minimum Gasteiger partial charge on any atom is -0.362 e. The van der Waals surface area contributed by atoms with Gasteiger partial charge in [-0.2, -0.15) is 0 Å². The van der Waals surface area contributed by atoms with Gasteiger partial charge in [-0.3, -0.25) is 0 Å². The molecule has 0 radical (unpaired) electrons.